The van der Waals surface area contributed by atoms with Crippen molar-refractivity contribution >= 4 is 155 Å². The molecule has 0 amide bonds. The Balaban J connectivity index is 0.000000160. The van der Waals surface area contributed by atoms with Crippen molar-refractivity contribution < 1.29 is 67.0 Å². The van der Waals surface area contributed by atoms with Gasteiger partial charge in [-0.3, -0.25) is 18.2 Å². The minimum absolute atomic E-state index is 0.0858. The first-order valence-electron chi connectivity index (χ1n) is 28.4. The second kappa shape index (κ2) is 36.0. The molecule has 0 unspecified atom stereocenters. The first-order valence-corrected chi connectivity index (χ1v) is 44.0. The molecule has 0 radical (unpaired) electrons. The summed E-state index contributed by atoms with van der Waals surface area (Å²) >= 11 is -0.346. The summed E-state index contributed by atoms with van der Waals surface area (Å²) in [6.07, 6.45) is 0. The van der Waals surface area contributed by atoms with Crippen molar-refractivity contribution in [1.82, 2.24) is 0 Å². The zero-order valence-electron chi connectivity index (χ0n) is 49.9. The number of hydrogen-bond donors (Lipinski definition) is 4. The molecule has 4 N–H and O–H groups in total. The van der Waals surface area contributed by atoms with Gasteiger partial charge in [0, 0.05) is 0 Å². The molecule has 0 heterocycles. The van der Waals surface area contributed by atoms with Crippen molar-refractivity contribution in [2.75, 3.05) is 0 Å². The Morgan fingerprint density at radius 1 is 0.189 bits per heavy atom. The van der Waals surface area contributed by atoms with Crippen LogP contribution in [0.15, 0.2) is 359 Å². The Bertz CT molecular complexity index is 4010. The standard InChI is InChI=1S/4C18H15O3PS.2ClH.Ru/c4*19-23(20,21)18-13-11-17(12-14-18)22(15-7-3-1-4-8-15)16-9-5-2-6-10-16;;;/h4*1-14H,(H,19,20,21);2*1H;/q;;;;;;+2/p-2. The van der Waals surface area contributed by atoms with Gasteiger partial charge in [-0.05, 0) is 144 Å². The molecule has 0 atom stereocenters. The topological polar surface area (TPSA) is 217 Å². The van der Waals surface area contributed by atoms with Crippen LogP contribution in [0, 0.1) is 0 Å². The second-order valence-corrected chi connectivity index (χ2v) is 37.2. The summed E-state index contributed by atoms with van der Waals surface area (Å²) in [6.45, 7) is 0. The number of hydrogen-bond acceptors (Lipinski definition) is 8. The van der Waals surface area contributed by atoms with E-state index in [-0.39, 0.29) is 34.7 Å². The van der Waals surface area contributed by atoms with E-state index in [1.54, 1.807) is 48.5 Å². The third kappa shape index (κ3) is 22.1. The van der Waals surface area contributed by atoms with Crippen LogP contribution in [0.2, 0.25) is 0 Å². The van der Waals surface area contributed by atoms with Gasteiger partial charge in [-0.2, -0.15) is 33.7 Å². The van der Waals surface area contributed by atoms with Gasteiger partial charge in [-0.1, -0.05) is 291 Å². The average Bonchev–Trinajstić information content (AvgIpc) is 0.910. The summed E-state index contributed by atoms with van der Waals surface area (Å²) < 4.78 is 126. The van der Waals surface area contributed by atoms with Gasteiger partial charge in [-0.25, -0.2) is 0 Å². The van der Waals surface area contributed by atoms with Gasteiger partial charge in [0.15, 0.2) is 0 Å². The molecule has 0 aliphatic rings. The predicted molar refractivity (Wildman–Crippen MR) is 392 cm³/mol. The number of benzene rings is 12. The predicted octanol–water partition coefficient (Wildman–Crippen LogP) is 12.1. The zero-order valence-corrected chi connectivity index (χ0v) is 60.0. The molecule has 95 heavy (non-hydrogen) atoms. The van der Waals surface area contributed by atoms with E-state index >= 15 is 0 Å². The van der Waals surface area contributed by atoms with E-state index in [2.05, 4.69) is 97.1 Å². The molecule has 0 aromatic heterocycles. The van der Waals surface area contributed by atoms with Crippen LogP contribution in [-0.4, -0.2) is 51.9 Å². The van der Waals surface area contributed by atoms with Crippen LogP contribution >= 0.6 is 51.1 Å². The van der Waals surface area contributed by atoms with Gasteiger partial charge in [0.05, 0.1) is 19.6 Å². The van der Waals surface area contributed by atoms with E-state index < -0.39 is 72.2 Å². The molecule has 23 heteroatoms. The van der Waals surface area contributed by atoms with Crippen LogP contribution in [0.3, 0.4) is 0 Å². The van der Waals surface area contributed by atoms with Gasteiger partial charge in [0.25, 0.3) is 40.5 Å². The number of halogens is 2. The van der Waals surface area contributed by atoms with Gasteiger partial charge in [-0.15, -0.1) is 0 Å². The fraction of sp³-hybridized carbons (Fsp3) is 0. The molecule has 0 aliphatic heterocycles. The first-order chi connectivity index (χ1) is 45.6. The quantitative estimate of drug-likeness (QED) is 0.0404. The second-order valence-electron chi connectivity index (χ2n) is 20.0. The third-order valence-corrected chi connectivity index (χ3v) is 26.9. The van der Waals surface area contributed by atoms with E-state index in [9.17, 15) is 33.7 Å². The fourth-order valence-electron chi connectivity index (χ4n) is 9.47. The van der Waals surface area contributed by atoms with Crippen LogP contribution in [0.5, 0.6) is 0 Å². The van der Waals surface area contributed by atoms with E-state index in [1.807, 2.05) is 146 Å². The molecule has 0 aliphatic carbocycles. The molecule has 12 aromatic rings. The molecule has 486 valence electrons. The maximum absolute atomic E-state index is 11.2. The Morgan fingerprint density at radius 2 is 0.284 bits per heavy atom. The van der Waals surface area contributed by atoms with Crippen LogP contribution < -0.4 is 63.7 Å². The average molecular weight is 1540 g/mol. The molecule has 0 saturated carbocycles. The van der Waals surface area contributed by atoms with Crippen molar-refractivity contribution in [2.24, 2.45) is 0 Å². The summed E-state index contributed by atoms with van der Waals surface area (Å²) in [5, 5.41) is 13.6. The molecule has 12 nitrogen and oxygen atoms in total. The van der Waals surface area contributed by atoms with Crippen LogP contribution in [0.1, 0.15) is 0 Å². The van der Waals surface area contributed by atoms with E-state index in [0.29, 0.717) is 0 Å². The number of rotatable bonds is 16. The molecular weight excluding hydrogens is 1480 g/mol. The third-order valence-electron chi connectivity index (χ3n) is 13.7. The van der Waals surface area contributed by atoms with E-state index in [4.69, 9.17) is 37.6 Å². The molecule has 12 rings (SSSR count). The van der Waals surface area contributed by atoms with Gasteiger partial charge in [0.2, 0.25) is 0 Å². The SMILES string of the molecule is O=S(=O)(O)c1ccc(P(c2ccccc2)c2ccccc2)cc1.O=S(=O)(O)c1ccc(P(c2ccccc2)c2ccccc2)cc1.O=S(=O)(O)c1ccc(P(c2ccccc2)c2ccccc2)cc1.O=S(=O)(O)c1ccc(P(c2ccccc2)c2ccccc2)cc1.[Cl][Ru][Cl]. The first kappa shape index (κ1) is 74.0. The van der Waals surface area contributed by atoms with Gasteiger partial charge >= 0.3 is 34.5 Å². The Labute approximate surface area is 576 Å². The molecule has 0 saturated heterocycles. The van der Waals surface area contributed by atoms with Crippen LogP contribution in [0.4, 0.5) is 0 Å². The van der Waals surface area contributed by atoms with Crippen molar-refractivity contribution in [3.05, 3.63) is 340 Å². The van der Waals surface area contributed by atoms with E-state index in [1.165, 1.54) is 91.0 Å². The zero-order chi connectivity index (χ0) is 67.9. The Kier molecular flexibility index (Phi) is 28.0. The summed E-state index contributed by atoms with van der Waals surface area (Å²) in [7, 11) is -10.0. The molecular formula is C72H60Cl2O12P4RuS4. The molecule has 0 spiro atoms. The monoisotopic (exact) mass is 1540 g/mol. The summed E-state index contributed by atoms with van der Waals surface area (Å²) in [6, 6.07) is 107. The van der Waals surface area contributed by atoms with Crippen LogP contribution in [0.25, 0.3) is 0 Å². The summed E-state index contributed by atoms with van der Waals surface area (Å²) in [5.41, 5.74) is 0. The molecule has 12 aromatic carbocycles. The fourth-order valence-corrected chi connectivity index (χ4v) is 20.5. The summed E-state index contributed by atoms with van der Waals surface area (Å²) in [5.74, 6) is 0. The van der Waals surface area contributed by atoms with E-state index in [0.717, 1.165) is 21.2 Å². The maximum atomic E-state index is 11.2. The van der Waals surface area contributed by atoms with Crippen molar-refractivity contribution in [3.63, 3.8) is 0 Å². The van der Waals surface area contributed by atoms with Crippen molar-refractivity contribution in [3.8, 4) is 0 Å². The summed E-state index contributed by atoms with van der Waals surface area (Å²) in [4.78, 5) is -0.343. The molecule has 0 bridgehead atoms. The normalized spacial score (nSPS) is 11.4. The minimum atomic E-state index is -4.17. The molecule has 0 fully saturated rings. The van der Waals surface area contributed by atoms with Crippen LogP contribution in [-0.2, 0) is 55.6 Å². The van der Waals surface area contributed by atoms with Crippen molar-refractivity contribution in [2.45, 2.75) is 19.6 Å². The van der Waals surface area contributed by atoms with Crippen molar-refractivity contribution in [1.29, 1.82) is 0 Å². The van der Waals surface area contributed by atoms with Gasteiger partial charge in [0.1, 0.15) is 0 Å². The van der Waals surface area contributed by atoms with Gasteiger partial charge < -0.3 is 0 Å². The Hall–Kier alpha value is -6.80. The Morgan fingerprint density at radius 3 is 0.379 bits per heavy atom.